The number of carbonyl (C=O) groups excluding carboxylic acids is 1. The van der Waals surface area contributed by atoms with E-state index in [4.69, 9.17) is 11.6 Å². The van der Waals surface area contributed by atoms with Gasteiger partial charge in [0.15, 0.2) is 0 Å². The summed E-state index contributed by atoms with van der Waals surface area (Å²) < 4.78 is 15.1. The number of nitrogens with zero attached hydrogens (tertiary/aromatic N) is 2. The van der Waals surface area contributed by atoms with E-state index in [-0.39, 0.29) is 11.7 Å². The van der Waals surface area contributed by atoms with Gasteiger partial charge in [0.25, 0.3) is 5.91 Å². The Bertz CT molecular complexity index is 1210. The molecule has 1 N–H and O–H groups in total. The lowest BCUT2D eigenvalue weighted by Gasteiger charge is -2.38. The average molecular weight is 494 g/mol. The second-order valence-electron chi connectivity index (χ2n) is 11.6. The Morgan fingerprint density at radius 1 is 1.06 bits per heavy atom. The molecule has 184 valence electrons. The zero-order valence-corrected chi connectivity index (χ0v) is 21.3. The predicted molar refractivity (Wildman–Crippen MR) is 138 cm³/mol. The highest BCUT2D eigenvalue weighted by Gasteiger charge is 2.44. The minimum Gasteiger partial charge on any atom is -0.348 e. The van der Waals surface area contributed by atoms with E-state index in [1.807, 2.05) is 12.1 Å². The van der Waals surface area contributed by atoms with Crippen molar-refractivity contribution in [2.75, 3.05) is 19.6 Å². The summed E-state index contributed by atoms with van der Waals surface area (Å²) in [4.78, 5) is 16.9. The van der Waals surface area contributed by atoms with E-state index in [1.54, 1.807) is 17.7 Å². The lowest BCUT2D eigenvalue weighted by atomic mass is 9.72. The number of allylic oxidation sites excluding steroid dienone is 1. The van der Waals surface area contributed by atoms with Crippen LogP contribution in [0.1, 0.15) is 66.6 Å². The molecule has 1 amide bonds. The minimum atomic E-state index is -0.205. The van der Waals surface area contributed by atoms with E-state index in [9.17, 15) is 4.79 Å². The molecule has 2 fully saturated rings. The summed E-state index contributed by atoms with van der Waals surface area (Å²) in [5.41, 5.74) is 6.43. The summed E-state index contributed by atoms with van der Waals surface area (Å²) in [7, 11) is 0. The molecule has 2 atom stereocenters. The third-order valence-corrected chi connectivity index (χ3v) is 8.86. The summed E-state index contributed by atoms with van der Waals surface area (Å²) in [5, 5.41) is 3.51. The molecule has 3 heterocycles. The maximum absolute atomic E-state index is 15.1. The fourth-order valence-electron chi connectivity index (χ4n) is 6.59. The molecule has 2 aromatic rings. The number of rotatable bonds is 5. The van der Waals surface area contributed by atoms with Gasteiger partial charge in [0.1, 0.15) is 5.82 Å². The summed E-state index contributed by atoms with van der Waals surface area (Å²) in [5.74, 6) is -0.372. The predicted octanol–water partition coefficient (Wildman–Crippen LogP) is 5.64. The van der Waals surface area contributed by atoms with Gasteiger partial charge in [-0.3, -0.25) is 14.6 Å². The summed E-state index contributed by atoms with van der Waals surface area (Å²) in [6, 6.07) is 12.9. The second-order valence-corrected chi connectivity index (χ2v) is 12.0. The van der Waals surface area contributed by atoms with Crippen LogP contribution in [0.25, 0.3) is 5.57 Å². The number of piperazine rings is 1. The van der Waals surface area contributed by atoms with Crippen molar-refractivity contribution >= 4 is 23.1 Å². The van der Waals surface area contributed by atoms with Crippen LogP contribution in [0.2, 0.25) is 5.02 Å². The molecule has 0 aromatic heterocycles. The number of hydrogen-bond acceptors (Lipinski definition) is 3. The van der Waals surface area contributed by atoms with Gasteiger partial charge in [-0.05, 0) is 60.4 Å². The molecule has 35 heavy (non-hydrogen) atoms. The largest absolute Gasteiger partial charge is 0.348 e. The summed E-state index contributed by atoms with van der Waals surface area (Å²) in [6.07, 6.45) is 4.63. The quantitative estimate of drug-likeness (QED) is 0.585. The number of fused-ring (bicyclic) bond motifs is 3. The minimum absolute atomic E-state index is 0.167. The molecule has 2 bridgehead atoms. The van der Waals surface area contributed by atoms with Crippen LogP contribution >= 0.6 is 11.6 Å². The SMILES string of the molecule is CC1(C)CCC(CN2C[C@H]3C[C@@H]2CN3Cc2ccc3c(c2F)CNC3=O)=C(c2ccc(Cl)cc2)C1. The van der Waals surface area contributed by atoms with Gasteiger partial charge in [-0.25, -0.2) is 4.39 Å². The number of amides is 1. The highest BCUT2D eigenvalue weighted by Crippen LogP contribution is 2.44. The smallest absolute Gasteiger partial charge is 0.252 e. The van der Waals surface area contributed by atoms with E-state index in [1.165, 1.54) is 17.6 Å². The standard InChI is InChI=1S/C29H33ClFN3O/c1-29(2)10-9-19(25(12-29)18-3-6-21(30)7-4-18)14-33-16-23-11-22(33)17-34(23)15-20-5-8-24-26(27(20)31)13-32-28(24)35/h3-8,22-23H,9-17H2,1-2H3,(H,32,35)/t22-,23-/m1/s1. The normalized spacial score (nSPS) is 25.9. The van der Waals surface area contributed by atoms with Crippen LogP contribution in [0.5, 0.6) is 0 Å². The van der Waals surface area contributed by atoms with Crippen molar-refractivity contribution in [3.8, 4) is 0 Å². The molecule has 3 aliphatic heterocycles. The molecule has 2 aromatic carbocycles. The van der Waals surface area contributed by atoms with Gasteiger partial charge >= 0.3 is 0 Å². The van der Waals surface area contributed by atoms with E-state index in [0.717, 1.165) is 43.9 Å². The fraction of sp³-hybridized carbons (Fsp3) is 0.483. The maximum atomic E-state index is 15.1. The van der Waals surface area contributed by atoms with Gasteiger partial charge in [0, 0.05) is 66.5 Å². The Kier molecular flexibility index (Phi) is 5.78. The highest BCUT2D eigenvalue weighted by molar-refractivity contribution is 6.30. The first kappa shape index (κ1) is 23.2. The van der Waals surface area contributed by atoms with E-state index in [0.29, 0.717) is 47.3 Å². The Labute approximate surface area is 212 Å². The van der Waals surface area contributed by atoms with Crippen molar-refractivity contribution in [2.45, 2.75) is 64.7 Å². The average Bonchev–Trinajstić information content (AvgIpc) is 3.52. The van der Waals surface area contributed by atoms with E-state index >= 15 is 4.39 Å². The number of nitrogens with one attached hydrogen (secondary N) is 1. The van der Waals surface area contributed by atoms with Gasteiger partial charge in [-0.15, -0.1) is 0 Å². The van der Waals surface area contributed by atoms with Gasteiger partial charge in [-0.1, -0.05) is 49.2 Å². The first-order valence-electron chi connectivity index (χ1n) is 12.8. The monoisotopic (exact) mass is 493 g/mol. The Hall–Kier alpha value is -2.21. The van der Waals surface area contributed by atoms with Crippen molar-refractivity contribution in [3.63, 3.8) is 0 Å². The number of halogens is 2. The number of benzene rings is 2. The van der Waals surface area contributed by atoms with E-state index in [2.05, 4.69) is 41.1 Å². The van der Waals surface area contributed by atoms with Crippen LogP contribution in [-0.2, 0) is 13.1 Å². The van der Waals surface area contributed by atoms with Crippen LogP contribution in [0.4, 0.5) is 4.39 Å². The Morgan fingerprint density at radius 2 is 1.77 bits per heavy atom. The molecule has 1 aliphatic carbocycles. The van der Waals surface area contributed by atoms with Crippen molar-refractivity contribution in [1.82, 2.24) is 15.1 Å². The maximum Gasteiger partial charge on any atom is 0.252 e. The number of carbonyl (C=O) groups is 1. The molecular formula is C29H33ClFN3O. The highest BCUT2D eigenvalue weighted by atomic mass is 35.5. The first-order valence-corrected chi connectivity index (χ1v) is 13.2. The van der Waals surface area contributed by atoms with Gasteiger partial charge < -0.3 is 5.32 Å². The zero-order chi connectivity index (χ0) is 24.3. The molecule has 0 saturated carbocycles. The van der Waals surface area contributed by atoms with Crippen molar-refractivity contribution in [3.05, 3.63) is 75.1 Å². The lowest BCUT2D eigenvalue weighted by Crippen LogP contribution is -2.46. The van der Waals surface area contributed by atoms with Crippen LogP contribution in [-0.4, -0.2) is 47.4 Å². The third-order valence-electron chi connectivity index (χ3n) is 8.61. The van der Waals surface area contributed by atoms with Crippen molar-refractivity contribution in [2.24, 2.45) is 5.41 Å². The Morgan fingerprint density at radius 3 is 2.49 bits per heavy atom. The van der Waals surface area contributed by atoms with Gasteiger partial charge in [-0.2, -0.15) is 0 Å². The van der Waals surface area contributed by atoms with E-state index < -0.39 is 0 Å². The van der Waals surface area contributed by atoms with Crippen molar-refractivity contribution in [1.29, 1.82) is 0 Å². The molecule has 4 aliphatic rings. The summed E-state index contributed by atoms with van der Waals surface area (Å²) in [6.45, 7) is 8.72. The van der Waals surface area contributed by atoms with Crippen LogP contribution in [0, 0.1) is 11.2 Å². The van der Waals surface area contributed by atoms with Crippen LogP contribution < -0.4 is 5.32 Å². The molecule has 4 nitrogen and oxygen atoms in total. The number of hydrogen-bond donors (Lipinski definition) is 1. The second kappa shape index (κ2) is 8.72. The topological polar surface area (TPSA) is 35.6 Å². The molecule has 6 rings (SSSR count). The summed E-state index contributed by atoms with van der Waals surface area (Å²) >= 11 is 6.17. The number of likely N-dealkylation sites (tertiary alicyclic amines) is 2. The lowest BCUT2D eigenvalue weighted by molar-refractivity contribution is 0.0965. The Balaban J connectivity index is 1.16. The third kappa shape index (κ3) is 4.32. The molecule has 0 unspecified atom stereocenters. The first-order chi connectivity index (χ1) is 16.8. The van der Waals surface area contributed by atoms with Crippen molar-refractivity contribution < 1.29 is 9.18 Å². The van der Waals surface area contributed by atoms with Gasteiger partial charge in [0.05, 0.1) is 0 Å². The van der Waals surface area contributed by atoms with Crippen LogP contribution in [0.3, 0.4) is 0 Å². The van der Waals surface area contributed by atoms with Gasteiger partial charge in [0.2, 0.25) is 0 Å². The molecule has 0 spiro atoms. The molecule has 0 radical (unpaired) electrons. The van der Waals surface area contributed by atoms with Crippen LogP contribution in [0.15, 0.2) is 42.0 Å². The zero-order valence-electron chi connectivity index (χ0n) is 20.5. The molecular weight excluding hydrogens is 461 g/mol. The fourth-order valence-corrected chi connectivity index (χ4v) is 6.71. The molecule has 2 saturated heterocycles. The molecule has 6 heteroatoms.